The number of amides is 1. The molecule has 1 fully saturated rings. The number of benzene rings is 1. The van der Waals surface area contributed by atoms with E-state index >= 15 is 0 Å². The van der Waals surface area contributed by atoms with Gasteiger partial charge in [0.25, 0.3) is 10.2 Å². The van der Waals surface area contributed by atoms with Crippen molar-refractivity contribution in [1.29, 1.82) is 0 Å². The lowest BCUT2D eigenvalue weighted by Crippen LogP contribution is -2.60. The minimum atomic E-state index is -3.98. The molecule has 3 rings (SSSR count). The molecule has 0 radical (unpaired) electrons. The average Bonchev–Trinajstić information content (AvgIpc) is 2.86. The molecule has 2 atom stereocenters. The van der Waals surface area contributed by atoms with Crippen LogP contribution in [-0.2, 0) is 22.4 Å². The number of halogens is 2. The van der Waals surface area contributed by atoms with Gasteiger partial charge in [-0.3, -0.25) is 0 Å². The Morgan fingerprint density at radius 3 is 2.67 bits per heavy atom. The minimum absolute atomic E-state index is 0.0187. The van der Waals surface area contributed by atoms with Crippen LogP contribution < -0.4 is 9.46 Å². The van der Waals surface area contributed by atoms with Crippen LogP contribution in [0.5, 0.6) is 5.88 Å². The van der Waals surface area contributed by atoms with Crippen LogP contribution in [0.15, 0.2) is 29.4 Å². The number of thioether (sulfide) groups is 1. The molecule has 2 heterocycles. The van der Waals surface area contributed by atoms with Gasteiger partial charge >= 0.3 is 6.09 Å². The second-order valence-corrected chi connectivity index (χ2v) is 13.0. The Morgan fingerprint density at radius 2 is 2.02 bits per heavy atom. The van der Waals surface area contributed by atoms with E-state index in [1.165, 1.54) is 21.3 Å². The number of carboxylic acid groups (broad SMARTS) is 1. The third kappa shape index (κ3) is 8.70. The van der Waals surface area contributed by atoms with Crippen molar-refractivity contribution < 1.29 is 36.9 Å². The van der Waals surface area contributed by atoms with Gasteiger partial charge in [0.2, 0.25) is 5.88 Å². The summed E-state index contributed by atoms with van der Waals surface area (Å²) in [7, 11) is -3.98. The molecule has 1 saturated heterocycles. The maximum Gasteiger partial charge on any atom is 0.407 e. The number of hydrogen-bond acceptors (Lipinski definition) is 8. The van der Waals surface area contributed by atoms with Gasteiger partial charge < -0.3 is 19.8 Å². The van der Waals surface area contributed by atoms with Gasteiger partial charge in [0, 0.05) is 67.5 Å². The summed E-state index contributed by atoms with van der Waals surface area (Å²) in [6.07, 6.45) is -0.965. The quantitative estimate of drug-likeness (QED) is 0.246. The van der Waals surface area contributed by atoms with Crippen LogP contribution in [0, 0.1) is 17.6 Å². The zero-order chi connectivity index (χ0) is 29.7. The van der Waals surface area contributed by atoms with Crippen molar-refractivity contribution in [2.75, 3.05) is 32.8 Å². The molecule has 0 bridgehead atoms. The summed E-state index contributed by atoms with van der Waals surface area (Å²) in [6.45, 7) is 7.03. The van der Waals surface area contributed by atoms with Gasteiger partial charge in [0.15, 0.2) is 16.8 Å². The van der Waals surface area contributed by atoms with Crippen molar-refractivity contribution in [3.63, 3.8) is 0 Å². The Kier molecular flexibility index (Phi) is 10.7. The van der Waals surface area contributed by atoms with Gasteiger partial charge in [-0.25, -0.2) is 18.6 Å². The number of ether oxygens (including phenoxy) is 1. The summed E-state index contributed by atoms with van der Waals surface area (Å²) in [5.41, 5.74) is -0.441. The van der Waals surface area contributed by atoms with Crippen LogP contribution in [0.1, 0.15) is 39.0 Å². The first-order chi connectivity index (χ1) is 18.7. The molecule has 222 valence electrons. The van der Waals surface area contributed by atoms with E-state index in [1.54, 1.807) is 33.8 Å². The Hall–Kier alpha value is -2.59. The zero-order valence-electron chi connectivity index (χ0n) is 22.8. The summed E-state index contributed by atoms with van der Waals surface area (Å²) >= 11 is 1.07. The third-order valence-electron chi connectivity index (χ3n) is 6.13. The number of hydrogen-bond donors (Lipinski definition) is 3. The summed E-state index contributed by atoms with van der Waals surface area (Å²) in [5.74, 6) is -1.82. The molecule has 1 aliphatic heterocycles. The smallest absolute Gasteiger partial charge is 0.407 e. The lowest BCUT2D eigenvalue weighted by Gasteiger charge is -2.39. The van der Waals surface area contributed by atoms with E-state index in [0.29, 0.717) is 5.69 Å². The van der Waals surface area contributed by atoms with Crippen molar-refractivity contribution in [3.8, 4) is 5.88 Å². The first-order valence-corrected chi connectivity index (χ1v) is 15.1. The van der Waals surface area contributed by atoms with Crippen LogP contribution in [0.4, 0.5) is 13.6 Å². The van der Waals surface area contributed by atoms with Gasteiger partial charge in [0.05, 0.1) is 12.3 Å². The van der Waals surface area contributed by atoms with Crippen LogP contribution in [0.2, 0.25) is 0 Å². The van der Waals surface area contributed by atoms with Gasteiger partial charge in [-0.2, -0.15) is 22.4 Å². The minimum Gasteiger partial charge on any atom is -0.477 e. The molecule has 0 unspecified atom stereocenters. The molecular formula is C25H35F2N5O6S2. The highest BCUT2D eigenvalue weighted by molar-refractivity contribution is 7.98. The highest BCUT2D eigenvalue weighted by atomic mass is 32.2. The highest BCUT2D eigenvalue weighted by Gasteiger charge is 2.37. The van der Waals surface area contributed by atoms with Crippen molar-refractivity contribution in [2.24, 2.45) is 5.92 Å². The normalized spacial score (nSPS) is 17.6. The Morgan fingerprint density at radius 1 is 1.30 bits per heavy atom. The van der Waals surface area contributed by atoms with E-state index in [9.17, 15) is 32.2 Å². The molecule has 1 aliphatic rings. The summed E-state index contributed by atoms with van der Waals surface area (Å²) < 4.78 is 63.9. The number of rotatable bonds is 12. The largest absolute Gasteiger partial charge is 0.477 e. The maximum absolute atomic E-state index is 14.2. The molecule has 2 aromatic rings. The van der Waals surface area contributed by atoms with Gasteiger partial charge in [-0.1, -0.05) is 30.8 Å². The molecule has 1 amide bonds. The second kappa shape index (κ2) is 13.4. The molecule has 1 aromatic carbocycles. The lowest BCUT2D eigenvalue weighted by atomic mass is 10.00. The molecule has 3 N–H and O–H groups in total. The lowest BCUT2D eigenvalue weighted by molar-refractivity contribution is 0.108. The van der Waals surface area contributed by atoms with Crippen molar-refractivity contribution in [1.82, 2.24) is 23.9 Å². The summed E-state index contributed by atoms with van der Waals surface area (Å²) in [5, 5.41) is 18.8. The summed E-state index contributed by atoms with van der Waals surface area (Å²) in [6, 6.07) is 4.92. The van der Waals surface area contributed by atoms with E-state index in [1.807, 2.05) is 0 Å². The third-order valence-corrected chi connectivity index (χ3v) is 8.99. The van der Waals surface area contributed by atoms with E-state index < -0.39 is 39.5 Å². The van der Waals surface area contributed by atoms with Gasteiger partial charge in [-0.05, 0) is 26.8 Å². The van der Waals surface area contributed by atoms with E-state index in [2.05, 4.69) is 14.7 Å². The number of nitrogens with zero attached hydrogens (tertiary/aromatic N) is 4. The van der Waals surface area contributed by atoms with Crippen LogP contribution in [0.3, 0.4) is 0 Å². The zero-order valence-corrected chi connectivity index (χ0v) is 24.4. The fourth-order valence-electron chi connectivity index (χ4n) is 4.13. The fraction of sp³-hybridized carbons (Fsp3) is 0.560. The van der Waals surface area contributed by atoms with Crippen molar-refractivity contribution >= 4 is 28.1 Å². The molecule has 40 heavy (non-hydrogen) atoms. The van der Waals surface area contributed by atoms with Crippen molar-refractivity contribution in [3.05, 3.63) is 47.2 Å². The highest BCUT2D eigenvalue weighted by Crippen LogP contribution is 2.26. The molecule has 0 spiro atoms. The monoisotopic (exact) mass is 603 g/mol. The number of piperazine rings is 1. The number of aliphatic hydroxyl groups excluding tert-OH is 1. The van der Waals surface area contributed by atoms with E-state index in [0.717, 1.165) is 17.8 Å². The first kappa shape index (κ1) is 31.9. The number of nitrogens with one attached hydrogen (secondary N) is 1. The van der Waals surface area contributed by atoms with E-state index in [4.69, 9.17) is 4.74 Å². The molecule has 15 heteroatoms. The number of carbonyl (C=O) groups is 1. The first-order valence-electron chi connectivity index (χ1n) is 12.7. The fourth-order valence-corrected chi connectivity index (χ4v) is 6.72. The van der Waals surface area contributed by atoms with Crippen LogP contribution >= 0.6 is 11.8 Å². The number of aliphatic hydroxyl groups is 1. The standard InChI is InChI=1S/C25H35F2N5O6S2/c1-16(13-33)14-38-21-10-19(28-23(29-21)39-15-18-6-5-7-20(26)22(18)27)11-25(3,4)30-40(36,37)32-9-8-31(24(34)35)12-17(32)2/h5-7,10,16-17,30,33H,8-9,11-15H2,1-4H3,(H,34,35)/t16-,17+/m1/s1. The van der Waals surface area contributed by atoms with Crippen LogP contribution in [0.25, 0.3) is 0 Å². The summed E-state index contributed by atoms with van der Waals surface area (Å²) in [4.78, 5) is 21.3. The maximum atomic E-state index is 14.2. The Labute approximate surface area is 237 Å². The molecule has 0 saturated carbocycles. The van der Waals surface area contributed by atoms with Gasteiger partial charge in [0.1, 0.15) is 0 Å². The van der Waals surface area contributed by atoms with Crippen molar-refractivity contribution in [2.45, 2.75) is 56.6 Å². The SMILES string of the molecule is C[C@H](CO)COc1cc(CC(C)(C)NS(=O)(=O)N2CCN(C(=O)O)C[C@@H]2C)nc(SCc2cccc(F)c2F)n1. The topological polar surface area (TPSA) is 145 Å². The molecule has 11 nitrogen and oxygen atoms in total. The molecule has 0 aliphatic carbocycles. The number of aromatic nitrogens is 2. The van der Waals surface area contributed by atoms with Crippen LogP contribution in [-0.4, -0.2) is 88.3 Å². The molecular weight excluding hydrogens is 568 g/mol. The predicted molar refractivity (Wildman–Crippen MR) is 145 cm³/mol. The predicted octanol–water partition coefficient (Wildman–Crippen LogP) is 2.89. The Bertz CT molecular complexity index is 1300. The van der Waals surface area contributed by atoms with E-state index in [-0.39, 0.29) is 67.5 Å². The van der Waals surface area contributed by atoms with Gasteiger partial charge in [-0.15, -0.1) is 0 Å². The molecule has 1 aromatic heterocycles. The Balaban J connectivity index is 1.78. The average molecular weight is 604 g/mol. The second-order valence-electron chi connectivity index (χ2n) is 10.4.